The lowest BCUT2D eigenvalue weighted by molar-refractivity contribution is -0.875. The standard InChI is InChI=1S/C23H48NO4P/c1-5-6-7-8-9-10-11-12-13-14-15-16-17-18-19-20-21-23(25,29(26,27)28)22-24(2,3)4/h16-17,25H,5-15,18-22H2,1-4H3,(H-,26,27,28)/p+1/b17-16-. The number of rotatable bonds is 19. The summed E-state index contributed by atoms with van der Waals surface area (Å²) < 4.78 is 12.1. The van der Waals surface area contributed by atoms with Crippen LogP contribution in [0.15, 0.2) is 12.2 Å². The maximum Gasteiger partial charge on any atom is 0.362 e. The third kappa shape index (κ3) is 16.2. The third-order valence-electron chi connectivity index (χ3n) is 5.36. The summed E-state index contributed by atoms with van der Waals surface area (Å²) >= 11 is 0. The van der Waals surface area contributed by atoms with Gasteiger partial charge in [-0.15, -0.1) is 0 Å². The molecule has 0 saturated carbocycles. The summed E-state index contributed by atoms with van der Waals surface area (Å²) in [7, 11) is 0.939. The predicted octanol–water partition coefficient (Wildman–Crippen LogP) is 5.99. The van der Waals surface area contributed by atoms with Crippen LogP contribution in [0.25, 0.3) is 0 Å². The molecule has 0 radical (unpaired) electrons. The lowest BCUT2D eigenvalue weighted by Gasteiger charge is -2.35. The summed E-state index contributed by atoms with van der Waals surface area (Å²) in [5, 5.41) is 8.58. The summed E-state index contributed by atoms with van der Waals surface area (Å²) in [4.78, 5) is 19.1. The summed E-state index contributed by atoms with van der Waals surface area (Å²) in [5.74, 6) is 0. The number of nitrogens with zero attached hydrogens (tertiary/aromatic N) is 1. The molecule has 0 aliphatic heterocycles. The van der Waals surface area contributed by atoms with Crippen LogP contribution >= 0.6 is 7.60 Å². The maximum absolute atomic E-state index is 11.7. The van der Waals surface area contributed by atoms with Gasteiger partial charge in [0.2, 0.25) is 5.34 Å². The van der Waals surface area contributed by atoms with Gasteiger partial charge in [0, 0.05) is 0 Å². The van der Waals surface area contributed by atoms with E-state index in [2.05, 4.69) is 19.1 Å². The van der Waals surface area contributed by atoms with Gasteiger partial charge in [0.25, 0.3) is 0 Å². The van der Waals surface area contributed by atoms with E-state index in [1.165, 1.54) is 64.2 Å². The number of unbranched alkanes of at least 4 members (excludes halogenated alkanes) is 12. The predicted molar refractivity (Wildman–Crippen MR) is 124 cm³/mol. The Morgan fingerprint density at radius 3 is 1.59 bits per heavy atom. The molecule has 1 atom stereocenters. The van der Waals surface area contributed by atoms with Crippen LogP contribution in [-0.2, 0) is 4.57 Å². The minimum atomic E-state index is -4.55. The first-order chi connectivity index (χ1) is 13.5. The van der Waals surface area contributed by atoms with Crippen molar-refractivity contribution in [2.75, 3.05) is 27.7 Å². The van der Waals surface area contributed by atoms with Crippen LogP contribution in [-0.4, -0.2) is 52.4 Å². The molecule has 3 N–H and O–H groups in total. The summed E-state index contributed by atoms with van der Waals surface area (Å²) in [6.07, 6.45) is 21.5. The lowest BCUT2D eigenvalue weighted by atomic mass is 10.1. The fraction of sp³-hybridized carbons (Fsp3) is 0.913. The number of allylic oxidation sites excluding steroid dienone is 2. The minimum absolute atomic E-state index is 0.0475. The Hall–Kier alpha value is -0.190. The summed E-state index contributed by atoms with van der Waals surface area (Å²) in [6.45, 7) is 2.31. The molecule has 0 saturated heterocycles. The van der Waals surface area contributed by atoms with Crippen LogP contribution in [0, 0.1) is 0 Å². The Balaban J connectivity index is 3.74. The van der Waals surface area contributed by atoms with E-state index in [1.54, 1.807) is 0 Å². The summed E-state index contributed by atoms with van der Waals surface area (Å²) in [5.41, 5.74) is 0. The first-order valence-corrected chi connectivity index (χ1v) is 13.4. The lowest BCUT2D eigenvalue weighted by Crippen LogP contribution is -2.49. The average molecular weight is 435 g/mol. The van der Waals surface area contributed by atoms with Gasteiger partial charge in [-0.05, 0) is 38.5 Å². The number of aliphatic hydroxyl groups is 1. The highest BCUT2D eigenvalue weighted by Gasteiger charge is 2.48. The molecule has 0 spiro atoms. The Labute approximate surface area is 180 Å². The zero-order valence-electron chi connectivity index (χ0n) is 19.6. The van der Waals surface area contributed by atoms with Crippen molar-refractivity contribution >= 4 is 7.60 Å². The van der Waals surface area contributed by atoms with Crippen LogP contribution < -0.4 is 0 Å². The molecule has 0 fully saturated rings. The Kier molecular flexibility index (Phi) is 15.5. The molecule has 0 bridgehead atoms. The molecule has 5 nitrogen and oxygen atoms in total. The first-order valence-electron chi connectivity index (χ1n) is 11.8. The molecule has 6 heteroatoms. The van der Waals surface area contributed by atoms with Gasteiger partial charge in [-0.3, -0.25) is 4.57 Å². The van der Waals surface area contributed by atoms with E-state index >= 15 is 0 Å². The highest BCUT2D eigenvalue weighted by atomic mass is 31.2. The van der Waals surface area contributed by atoms with E-state index in [0.29, 0.717) is 10.9 Å². The molecule has 0 aromatic carbocycles. The fourth-order valence-electron chi connectivity index (χ4n) is 3.73. The minimum Gasteiger partial charge on any atom is -0.373 e. The van der Waals surface area contributed by atoms with Gasteiger partial charge in [-0.2, -0.15) is 0 Å². The molecular weight excluding hydrogens is 385 g/mol. The molecule has 29 heavy (non-hydrogen) atoms. The molecule has 0 amide bonds. The van der Waals surface area contributed by atoms with Crippen molar-refractivity contribution in [1.29, 1.82) is 0 Å². The van der Waals surface area contributed by atoms with E-state index in [0.717, 1.165) is 19.3 Å². The topological polar surface area (TPSA) is 77.8 Å². The van der Waals surface area contributed by atoms with Crippen molar-refractivity contribution in [2.45, 2.75) is 109 Å². The molecule has 0 aliphatic rings. The second-order valence-electron chi connectivity index (χ2n) is 9.66. The van der Waals surface area contributed by atoms with Gasteiger partial charge in [0.15, 0.2) is 0 Å². The molecule has 0 rings (SSSR count). The van der Waals surface area contributed by atoms with Gasteiger partial charge in [-0.25, -0.2) is 0 Å². The second-order valence-corrected chi connectivity index (χ2v) is 11.6. The molecule has 174 valence electrons. The normalized spacial score (nSPS) is 15.1. The van der Waals surface area contributed by atoms with Crippen LogP contribution in [0.4, 0.5) is 0 Å². The third-order valence-corrected chi connectivity index (χ3v) is 6.81. The van der Waals surface area contributed by atoms with Crippen molar-refractivity contribution < 1.29 is 23.9 Å². The molecule has 0 aromatic heterocycles. The van der Waals surface area contributed by atoms with E-state index in [-0.39, 0.29) is 13.0 Å². The zero-order valence-corrected chi connectivity index (χ0v) is 20.5. The van der Waals surface area contributed by atoms with E-state index in [9.17, 15) is 19.5 Å². The molecule has 1 unspecified atom stereocenters. The number of quaternary nitrogens is 1. The quantitative estimate of drug-likeness (QED) is 0.101. The molecular formula is C23H49NO4P+. The fourth-order valence-corrected chi connectivity index (χ4v) is 4.79. The van der Waals surface area contributed by atoms with E-state index in [1.807, 2.05) is 21.1 Å². The Morgan fingerprint density at radius 2 is 1.17 bits per heavy atom. The number of likely N-dealkylation sites (N-methyl/N-ethyl adjacent to an activating group) is 1. The van der Waals surface area contributed by atoms with E-state index in [4.69, 9.17) is 0 Å². The van der Waals surface area contributed by atoms with E-state index < -0.39 is 12.9 Å². The molecule has 0 aromatic rings. The molecule has 0 heterocycles. The Bertz CT molecular complexity index is 470. The van der Waals surface area contributed by atoms with Crippen LogP contribution in [0.5, 0.6) is 0 Å². The highest BCUT2D eigenvalue weighted by molar-refractivity contribution is 7.53. The number of hydrogen-bond acceptors (Lipinski definition) is 2. The Morgan fingerprint density at radius 1 is 0.759 bits per heavy atom. The van der Waals surface area contributed by atoms with Crippen molar-refractivity contribution in [3.05, 3.63) is 12.2 Å². The highest BCUT2D eigenvalue weighted by Crippen LogP contribution is 2.52. The smallest absolute Gasteiger partial charge is 0.362 e. The van der Waals surface area contributed by atoms with Crippen molar-refractivity contribution in [1.82, 2.24) is 0 Å². The van der Waals surface area contributed by atoms with Crippen molar-refractivity contribution in [3.63, 3.8) is 0 Å². The van der Waals surface area contributed by atoms with Crippen molar-refractivity contribution in [2.24, 2.45) is 0 Å². The van der Waals surface area contributed by atoms with Gasteiger partial charge >= 0.3 is 7.60 Å². The monoisotopic (exact) mass is 434 g/mol. The zero-order chi connectivity index (χ0) is 22.2. The first kappa shape index (κ1) is 28.8. The van der Waals surface area contributed by atoms with Crippen LogP contribution in [0.3, 0.4) is 0 Å². The van der Waals surface area contributed by atoms with Gasteiger partial charge in [0.1, 0.15) is 6.54 Å². The largest absolute Gasteiger partial charge is 0.373 e. The maximum atomic E-state index is 11.7. The van der Waals surface area contributed by atoms with Crippen LogP contribution in [0.1, 0.15) is 103 Å². The van der Waals surface area contributed by atoms with Gasteiger partial charge < -0.3 is 19.4 Å². The molecule has 0 aliphatic carbocycles. The van der Waals surface area contributed by atoms with Gasteiger partial charge in [0.05, 0.1) is 21.1 Å². The van der Waals surface area contributed by atoms with Crippen molar-refractivity contribution in [3.8, 4) is 0 Å². The van der Waals surface area contributed by atoms with Gasteiger partial charge in [-0.1, -0.05) is 76.9 Å². The average Bonchev–Trinajstić information content (AvgIpc) is 2.59. The second kappa shape index (κ2) is 15.6. The van der Waals surface area contributed by atoms with Crippen LogP contribution in [0.2, 0.25) is 0 Å². The SMILES string of the molecule is CCCCCCCCCCCC/C=C\CCCCC(O)(C[N+](C)(C)C)P(=O)(O)O. The number of hydrogen-bond donors (Lipinski definition) is 3. The summed E-state index contributed by atoms with van der Waals surface area (Å²) in [6, 6.07) is 0.